The van der Waals surface area contributed by atoms with Crippen molar-refractivity contribution in [3.8, 4) is 5.69 Å². The van der Waals surface area contributed by atoms with Gasteiger partial charge in [0, 0.05) is 50.2 Å². The lowest BCUT2D eigenvalue weighted by Gasteiger charge is -2.13. The van der Waals surface area contributed by atoms with Crippen LogP contribution >= 0.6 is 0 Å². The zero-order chi connectivity index (χ0) is 16.9. The quantitative estimate of drug-likeness (QED) is 0.678. The van der Waals surface area contributed by atoms with Gasteiger partial charge in [-0.15, -0.1) is 0 Å². The van der Waals surface area contributed by atoms with Crippen LogP contribution in [0.4, 0.5) is 0 Å². The fraction of sp³-hybridized carbons (Fsp3) is 0.167. The number of nitrogens with zero attached hydrogens (tertiary/aromatic N) is 5. The summed E-state index contributed by atoms with van der Waals surface area (Å²) in [5.74, 6) is -0.0636. The highest BCUT2D eigenvalue weighted by atomic mass is 16.2. The van der Waals surface area contributed by atoms with Crippen molar-refractivity contribution in [2.24, 2.45) is 7.05 Å². The molecule has 6 heteroatoms. The summed E-state index contributed by atoms with van der Waals surface area (Å²) in [6, 6.07) is 9.85. The van der Waals surface area contributed by atoms with Gasteiger partial charge in [0.05, 0.1) is 18.1 Å². The smallest absolute Gasteiger partial charge is 0.246 e. The molecule has 0 N–H and O–H groups in total. The number of para-hydroxylation sites is 1. The number of carbonyl (C=O) groups is 1. The molecule has 0 aliphatic heterocycles. The largest absolute Gasteiger partial charge is 0.338 e. The summed E-state index contributed by atoms with van der Waals surface area (Å²) in [4.78, 5) is 13.8. The van der Waals surface area contributed by atoms with Crippen LogP contribution in [0.3, 0.4) is 0 Å². The Morgan fingerprint density at radius 3 is 2.67 bits per heavy atom. The minimum atomic E-state index is -0.0636. The normalized spacial score (nSPS) is 11.1. The number of hydrogen-bond acceptors (Lipinski definition) is 3. The maximum Gasteiger partial charge on any atom is 0.246 e. The standard InChI is InChI=1S/C18H19N5O/c1-21(12-16-11-19-22(2)13-16)18(24)9-8-15-10-20-23(14-15)17-6-4-3-5-7-17/h3-11,13-14H,12H2,1-2H3/b9-8+. The molecule has 0 unspecified atom stereocenters. The van der Waals surface area contributed by atoms with E-state index in [0.29, 0.717) is 6.54 Å². The topological polar surface area (TPSA) is 56.0 Å². The molecular formula is C18H19N5O. The van der Waals surface area contributed by atoms with E-state index in [9.17, 15) is 4.79 Å². The average molecular weight is 321 g/mol. The van der Waals surface area contributed by atoms with E-state index in [2.05, 4.69) is 10.2 Å². The molecule has 24 heavy (non-hydrogen) atoms. The minimum Gasteiger partial charge on any atom is -0.338 e. The molecule has 0 aliphatic rings. The third-order valence-corrected chi connectivity index (χ3v) is 3.60. The molecule has 6 nitrogen and oxygen atoms in total. The third-order valence-electron chi connectivity index (χ3n) is 3.60. The number of likely N-dealkylation sites (N-methyl/N-ethyl adjacent to an activating group) is 1. The van der Waals surface area contributed by atoms with E-state index < -0.39 is 0 Å². The van der Waals surface area contributed by atoms with Crippen molar-refractivity contribution in [2.45, 2.75) is 6.54 Å². The number of rotatable bonds is 5. The molecule has 0 fully saturated rings. The lowest BCUT2D eigenvalue weighted by atomic mass is 10.3. The van der Waals surface area contributed by atoms with E-state index in [1.807, 2.05) is 49.8 Å². The second-order valence-electron chi connectivity index (χ2n) is 5.60. The van der Waals surface area contributed by atoms with Gasteiger partial charge in [-0.1, -0.05) is 18.2 Å². The van der Waals surface area contributed by atoms with Gasteiger partial charge in [0.25, 0.3) is 0 Å². The van der Waals surface area contributed by atoms with Gasteiger partial charge in [-0.25, -0.2) is 4.68 Å². The van der Waals surface area contributed by atoms with E-state index in [1.165, 1.54) is 0 Å². The summed E-state index contributed by atoms with van der Waals surface area (Å²) in [7, 11) is 3.63. The first-order valence-electron chi connectivity index (χ1n) is 7.62. The Balaban J connectivity index is 1.63. The second-order valence-corrected chi connectivity index (χ2v) is 5.60. The number of aryl methyl sites for hydroxylation is 1. The van der Waals surface area contributed by atoms with Crippen molar-refractivity contribution in [3.05, 3.63) is 72.3 Å². The Kier molecular flexibility index (Phi) is 4.56. The van der Waals surface area contributed by atoms with Gasteiger partial charge in [0.2, 0.25) is 5.91 Å². The summed E-state index contributed by atoms with van der Waals surface area (Å²) >= 11 is 0. The van der Waals surface area contributed by atoms with Crippen molar-refractivity contribution in [1.29, 1.82) is 0 Å². The molecular weight excluding hydrogens is 302 g/mol. The fourth-order valence-corrected chi connectivity index (χ4v) is 2.34. The fourth-order valence-electron chi connectivity index (χ4n) is 2.34. The van der Waals surface area contributed by atoms with Crippen LogP contribution in [0.1, 0.15) is 11.1 Å². The molecule has 0 saturated carbocycles. The highest BCUT2D eigenvalue weighted by Gasteiger charge is 2.07. The van der Waals surface area contributed by atoms with Crippen LogP contribution in [0.25, 0.3) is 11.8 Å². The van der Waals surface area contributed by atoms with Crippen LogP contribution < -0.4 is 0 Å². The molecule has 0 aliphatic carbocycles. The number of hydrogen-bond donors (Lipinski definition) is 0. The SMILES string of the molecule is CN(Cc1cnn(C)c1)C(=O)/C=C/c1cnn(-c2ccccc2)c1. The minimum absolute atomic E-state index is 0.0636. The predicted molar refractivity (Wildman–Crippen MR) is 92.3 cm³/mol. The van der Waals surface area contributed by atoms with Gasteiger partial charge in [0.1, 0.15) is 0 Å². The lowest BCUT2D eigenvalue weighted by molar-refractivity contribution is -0.125. The summed E-state index contributed by atoms with van der Waals surface area (Å²) < 4.78 is 3.50. The molecule has 0 saturated heterocycles. The zero-order valence-corrected chi connectivity index (χ0v) is 13.7. The first kappa shape index (κ1) is 15.7. The van der Waals surface area contributed by atoms with Crippen LogP contribution in [0, 0.1) is 0 Å². The second kappa shape index (κ2) is 6.95. The van der Waals surface area contributed by atoms with Crippen molar-refractivity contribution < 1.29 is 4.79 Å². The van der Waals surface area contributed by atoms with E-state index >= 15 is 0 Å². The number of carbonyl (C=O) groups excluding carboxylic acids is 1. The molecule has 3 aromatic rings. The van der Waals surface area contributed by atoms with Crippen molar-refractivity contribution in [3.63, 3.8) is 0 Å². The van der Waals surface area contributed by atoms with Crippen LogP contribution in [-0.4, -0.2) is 37.4 Å². The van der Waals surface area contributed by atoms with E-state index in [0.717, 1.165) is 16.8 Å². The van der Waals surface area contributed by atoms with Crippen LogP contribution in [0.15, 0.2) is 61.2 Å². The highest BCUT2D eigenvalue weighted by Crippen LogP contribution is 2.09. The Labute approximate surface area is 140 Å². The molecule has 0 spiro atoms. The van der Waals surface area contributed by atoms with Gasteiger partial charge < -0.3 is 4.90 Å². The Bertz CT molecular complexity index is 847. The van der Waals surface area contributed by atoms with E-state index in [4.69, 9.17) is 0 Å². The monoisotopic (exact) mass is 321 g/mol. The van der Waals surface area contributed by atoms with Crippen molar-refractivity contribution in [1.82, 2.24) is 24.5 Å². The number of benzene rings is 1. The van der Waals surface area contributed by atoms with Gasteiger partial charge >= 0.3 is 0 Å². The van der Waals surface area contributed by atoms with Crippen molar-refractivity contribution in [2.75, 3.05) is 7.05 Å². The van der Waals surface area contributed by atoms with Gasteiger partial charge in [-0.2, -0.15) is 10.2 Å². The van der Waals surface area contributed by atoms with E-state index in [1.54, 1.807) is 45.9 Å². The van der Waals surface area contributed by atoms with Gasteiger partial charge in [-0.05, 0) is 18.2 Å². The molecule has 0 atom stereocenters. The molecule has 1 amide bonds. The molecule has 2 aromatic heterocycles. The van der Waals surface area contributed by atoms with Gasteiger partial charge in [0.15, 0.2) is 0 Å². The average Bonchev–Trinajstić information content (AvgIpc) is 3.22. The Hall–Kier alpha value is -3.15. The Morgan fingerprint density at radius 2 is 1.96 bits per heavy atom. The maximum atomic E-state index is 12.2. The lowest BCUT2D eigenvalue weighted by Crippen LogP contribution is -2.23. The predicted octanol–water partition coefficient (Wildman–Crippen LogP) is 2.28. The first-order valence-corrected chi connectivity index (χ1v) is 7.62. The number of amides is 1. The molecule has 0 radical (unpaired) electrons. The summed E-state index contributed by atoms with van der Waals surface area (Å²) in [5, 5.41) is 8.41. The number of aromatic nitrogens is 4. The molecule has 2 heterocycles. The Morgan fingerprint density at radius 1 is 1.17 bits per heavy atom. The molecule has 122 valence electrons. The van der Waals surface area contributed by atoms with Crippen LogP contribution in [-0.2, 0) is 18.4 Å². The maximum absolute atomic E-state index is 12.2. The summed E-state index contributed by atoms with van der Waals surface area (Å²) in [6.07, 6.45) is 10.6. The van der Waals surface area contributed by atoms with Gasteiger partial charge in [-0.3, -0.25) is 9.48 Å². The summed E-state index contributed by atoms with van der Waals surface area (Å²) in [6.45, 7) is 0.528. The molecule has 3 rings (SSSR count). The van der Waals surface area contributed by atoms with Crippen LogP contribution in [0.2, 0.25) is 0 Å². The third kappa shape index (κ3) is 3.78. The molecule has 0 bridgehead atoms. The zero-order valence-electron chi connectivity index (χ0n) is 13.7. The summed E-state index contributed by atoms with van der Waals surface area (Å²) in [5.41, 5.74) is 2.86. The first-order chi connectivity index (χ1) is 11.6. The van der Waals surface area contributed by atoms with E-state index in [-0.39, 0.29) is 5.91 Å². The van der Waals surface area contributed by atoms with Crippen LogP contribution in [0.5, 0.6) is 0 Å². The highest BCUT2D eigenvalue weighted by molar-refractivity contribution is 5.91. The van der Waals surface area contributed by atoms with Crippen molar-refractivity contribution >= 4 is 12.0 Å². The molecule has 1 aromatic carbocycles.